The van der Waals surface area contributed by atoms with E-state index in [0.717, 1.165) is 5.69 Å². The quantitative estimate of drug-likeness (QED) is 0.729. The lowest BCUT2D eigenvalue weighted by Crippen LogP contribution is -2.23. The molecular formula is C11H17NO2. The number of hydrogen-bond donors (Lipinski definition) is 1. The van der Waals surface area contributed by atoms with E-state index in [0.29, 0.717) is 6.54 Å². The molecule has 0 aliphatic heterocycles. The first-order valence-electron chi connectivity index (χ1n) is 4.62. The molecule has 0 saturated heterocycles. The van der Waals surface area contributed by atoms with E-state index < -0.39 is 0 Å². The number of hydrogen-bond acceptors (Lipinski definition) is 3. The van der Waals surface area contributed by atoms with E-state index in [4.69, 9.17) is 9.47 Å². The fourth-order valence-corrected chi connectivity index (χ4v) is 1.14. The zero-order valence-electron chi connectivity index (χ0n) is 8.91. The van der Waals surface area contributed by atoms with Gasteiger partial charge >= 0.3 is 0 Å². The normalized spacial score (nSPS) is 10.6. The van der Waals surface area contributed by atoms with Crippen molar-refractivity contribution in [1.82, 2.24) is 0 Å². The van der Waals surface area contributed by atoms with Crippen molar-refractivity contribution in [3.63, 3.8) is 0 Å². The minimum absolute atomic E-state index is 0.198. The maximum Gasteiger partial charge on any atom is 0.173 e. The summed E-state index contributed by atoms with van der Waals surface area (Å²) in [6.07, 6.45) is -0.198. The predicted molar refractivity (Wildman–Crippen MR) is 57.5 cm³/mol. The van der Waals surface area contributed by atoms with Crippen molar-refractivity contribution < 1.29 is 9.47 Å². The molecule has 0 spiro atoms. The maximum atomic E-state index is 5.06. The van der Waals surface area contributed by atoms with Crippen molar-refractivity contribution in [2.24, 2.45) is 0 Å². The maximum absolute atomic E-state index is 5.06. The summed E-state index contributed by atoms with van der Waals surface area (Å²) >= 11 is 0. The Balaban J connectivity index is 2.41. The molecule has 78 valence electrons. The zero-order chi connectivity index (χ0) is 10.4. The highest BCUT2D eigenvalue weighted by atomic mass is 16.7. The van der Waals surface area contributed by atoms with Gasteiger partial charge in [-0.3, -0.25) is 0 Å². The largest absolute Gasteiger partial charge is 0.380 e. The van der Waals surface area contributed by atoms with Gasteiger partial charge in [0, 0.05) is 19.9 Å². The predicted octanol–water partition coefficient (Wildman–Crippen LogP) is 2.03. The molecule has 3 heteroatoms. The Morgan fingerprint density at radius 2 is 1.71 bits per heavy atom. The molecule has 0 heterocycles. The highest BCUT2D eigenvalue weighted by molar-refractivity contribution is 5.44. The third-order valence-electron chi connectivity index (χ3n) is 2.05. The molecule has 1 aromatic carbocycles. The van der Waals surface area contributed by atoms with Crippen LogP contribution in [0.1, 0.15) is 5.56 Å². The van der Waals surface area contributed by atoms with Gasteiger partial charge in [-0.2, -0.15) is 0 Å². The SMILES string of the molecule is COC(CNc1ccc(C)cc1)OC. The Hall–Kier alpha value is -1.06. The van der Waals surface area contributed by atoms with Crippen LogP contribution in [0.2, 0.25) is 0 Å². The highest BCUT2D eigenvalue weighted by Gasteiger charge is 2.03. The van der Waals surface area contributed by atoms with Crippen molar-refractivity contribution in [2.45, 2.75) is 13.2 Å². The van der Waals surface area contributed by atoms with Crippen LogP contribution in [0.3, 0.4) is 0 Å². The van der Waals surface area contributed by atoms with Crippen LogP contribution in [-0.4, -0.2) is 27.1 Å². The van der Waals surface area contributed by atoms with Crippen LogP contribution in [0, 0.1) is 6.92 Å². The second kappa shape index (κ2) is 5.62. The fourth-order valence-electron chi connectivity index (χ4n) is 1.14. The van der Waals surface area contributed by atoms with E-state index in [-0.39, 0.29) is 6.29 Å². The Labute approximate surface area is 85.0 Å². The van der Waals surface area contributed by atoms with E-state index in [9.17, 15) is 0 Å². The molecule has 0 aliphatic rings. The lowest BCUT2D eigenvalue weighted by Gasteiger charge is -2.14. The molecule has 1 rings (SSSR count). The third kappa shape index (κ3) is 3.36. The van der Waals surface area contributed by atoms with Crippen molar-refractivity contribution in [2.75, 3.05) is 26.1 Å². The van der Waals surface area contributed by atoms with Crippen molar-refractivity contribution in [1.29, 1.82) is 0 Å². The Kier molecular flexibility index (Phi) is 4.43. The Morgan fingerprint density at radius 3 is 2.21 bits per heavy atom. The molecule has 0 atom stereocenters. The lowest BCUT2D eigenvalue weighted by atomic mass is 10.2. The molecule has 1 aromatic rings. The minimum Gasteiger partial charge on any atom is -0.380 e. The molecule has 0 saturated carbocycles. The standard InChI is InChI=1S/C11H17NO2/c1-9-4-6-10(7-5-9)12-8-11(13-2)14-3/h4-7,11-12H,8H2,1-3H3. The topological polar surface area (TPSA) is 30.5 Å². The summed E-state index contributed by atoms with van der Waals surface area (Å²) in [5, 5.41) is 3.22. The molecule has 3 nitrogen and oxygen atoms in total. The van der Waals surface area contributed by atoms with Gasteiger partial charge in [0.15, 0.2) is 6.29 Å². The molecule has 0 bridgehead atoms. The van der Waals surface area contributed by atoms with Crippen molar-refractivity contribution in [3.8, 4) is 0 Å². The number of ether oxygens (including phenoxy) is 2. The minimum atomic E-state index is -0.198. The second-order valence-corrected chi connectivity index (χ2v) is 3.15. The average molecular weight is 195 g/mol. The third-order valence-corrected chi connectivity index (χ3v) is 2.05. The number of anilines is 1. The van der Waals surface area contributed by atoms with Gasteiger partial charge in [-0.05, 0) is 19.1 Å². The summed E-state index contributed by atoms with van der Waals surface area (Å²) in [7, 11) is 3.26. The van der Waals surface area contributed by atoms with E-state index >= 15 is 0 Å². The summed E-state index contributed by atoms with van der Waals surface area (Å²) < 4.78 is 10.1. The van der Waals surface area contributed by atoms with Crippen LogP contribution in [-0.2, 0) is 9.47 Å². The van der Waals surface area contributed by atoms with Crippen molar-refractivity contribution >= 4 is 5.69 Å². The molecule has 0 unspecified atom stereocenters. The van der Waals surface area contributed by atoms with Crippen LogP contribution in [0.4, 0.5) is 5.69 Å². The lowest BCUT2D eigenvalue weighted by molar-refractivity contribution is -0.0914. The average Bonchev–Trinajstić information content (AvgIpc) is 2.22. The van der Waals surface area contributed by atoms with Crippen LogP contribution >= 0.6 is 0 Å². The van der Waals surface area contributed by atoms with Crippen LogP contribution in [0.15, 0.2) is 24.3 Å². The Bertz CT molecular complexity index is 254. The zero-order valence-corrected chi connectivity index (χ0v) is 8.91. The van der Waals surface area contributed by atoms with Gasteiger partial charge < -0.3 is 14.8 Å². The molecule has 14 heavy (non-hydrogen) atoms. The first-order valence-corrected chi connectivity index (χ1v) is 4.62. The van der Waals surface area contributed by atoms with Gasteiger partial charge in [-0.1, -0.05) is 17.7 Å². The summed E-state index contributed by atoms with van der Waals surface area (Å²) in [6, 6.07) is 8.21. The van der Waals surface area contributed by atoms with Crippen LogP contribution < -0.4 is 5.32 Å². The van der Waals surface area contributed by atoms with Gasteiger partial charge in [0.05, 0.1) is 6.54 Å². The number of methoxy groups -OCH3 is 2. The molecular weight excluding hydrogens is 178 g/mol. The summed E-state index contributed by atoms with van der Waals surface area (Å²) in [6.45, 7) is 2.72. The second-order valence-electron chi connectivity index (χ2n) is 3.15. The van der Waals surface area contributed by atoms with Crippen LogP contribution in [0.5, 0.6) is 0 Å². The van der Waals surface area contributed by atoms with Gasteiger partial charge in [-0.25, -0.2) is 0 Å². The molecule has 0 aromatic heterocycles. The number of nitrogens with one attached hydrogen (secondary N) is 1. The number of rotatable bonds is 5. The number of aryl methyl sites for hydroxylation is 1. The highest BCUT2D eigenvalue weighted by Crippen LogP contribution is 2.08. The van der Waals surface area contributed by atoms with Crippen LogP contribution in [0.25, 0.3) is 0 Å². The molecule has 0 amide bonds. The van der Waals surface area contributed by atoms with E-state index in [1.54, 1.807) is 14.2 Å². The summed E-state index contributed by atoms with van der Waals surface area (Å²) in [5.41, 5.74) is 2.33. The smallest absolute Gasteiger partial charge is 0.173 e. The summed E-state index contributed by atoms with van der Waals surface area (Å²) in [5.74, 6) is 0. The van der Waals surface area contributed by atoms with Gasteiger partial charge in [0.1, 0.15) is 0 Å². The summed E-state index contributed by atoms with van der Waals surface area (Å²) in [4.78, 5) is 0. The van der Waals surface area contributed by atoms with Gasteiger partial charge in [-0.15, -0.1) is 0 Å². The molecule has 0 fully saturated rings. The first-order chi connectivity index (χ1) is 6.76. The Morgan fingerprint density at radius 1 is 1.14 bits per heavy atom. The molecule has 0 aliphatic carbocycles. The number of benzene rings is 1. The fraction of sp³-hybridized carbons (Fsp3) is 0.455. The van der Waals surface area contributed by atoms with Crippen molar-refractivity contribution in [3.05, 3.63) is 29.8 Å². The van der Waals surface area contributed by atoms with Gasteiger partial charge in [0.25, 0.3) is 0 Å². The monoisotopic (exact) mass is 195 g/mol. The first kappa shape index (κ1) is 11.0. The van der Waals surface area contributed by atoms with E-state index in [1.807, 2.05) is 12.1 Å². The van der Waals surface area contributed by atoms with E-state index in [2.05, 4.69) is 24.4 Å². The van der Waals surface area contributed by atoms with E-state index in [1.165, 1.54) is 5.56 Å². The molecule has 1 N–H and O–H groups in total. The molecule has 0 radical (unpaired) electrons. The van der Waals surface area contributed by atoms with Gasteiger partial charge in [0.2, 0.25) is 0 Å².